The third-order valence-corrected chi connectivity index (χ3v) is 3.21. The number of carbonyl (C=O) groups is 1. The van der Waals surface area contributed by atoms with Crippen LogP contribution in [0.4, 0.5) is 4.39 Å². The Bertz CT molecular complexity index is 631. The predicted octanol–water partition coefficient (Wildman–Crippen LogP) is 0.403. The molecule has 22 heavy (non-hydrogen) atoms. The van der Waals surface area contributed by atoms with Gasteiger partial charge in [-0.05, 0) is 41.5 Å². The fourth-order valence-electron chi connectivity index (χ4n) is 2.11. The molecule has 0 bridgehead atoms. The van der Waals surface area contributed by atoms with Crippen LogP contribution in [0.1, 0.15) is 23.9 Å². The van der Waals surface area contributed by atoms with Crippen molar-refractivity contribution < 1.29 is 14.3 Å². The molecule has 2 rings (SSSR count). The van der Waals surface area contributed by atoms with E-state index in [1.165, 1.54) is 16.8 Å². The van der Waals surface area contributed by atoms with Gasteiger partial charge in [0, 0.05) is 19.6 Å². The van der Waals surface area contributed by atoms with E-state index in [2.05, 4.69) is 20.8 Å². The standard InChI is InChI=1S/C14H18FN5O2/c1-10-17-18-19-20(10)13(14(22)16-6-3-7-21)9-11-4-2-5-12(15)8-11/h2,4-5,8,13,21H,3,6-7,9H2,1H3,(H,16,22). The number of aliphatic hydroxyl groups excluding tert-OH is 1. The van der Waals surface area contributed by atoms with Crippen molar-refractivity contribution in [2.45, 2.75) is 25.8 Å². The van der Waals surface area contributed by atoms with E-state index in [1.54, 1.807) is 19.1 Å². The number of aliphatic hydroxyl groups is 1. The van der Waals surface area contributed by atoms with Crippen LogP contribution < -0.4 is 5.32 Å². The molecular formula is C14H18FN5O2. The second-order valence-corrected chi connectivity index (χ2v) is 4.89. The smallest absolute Gasteiger partial charge is 0.245 e. The summed E-state index contributed by atoms with van der Waals surface area (Å²) in [5.41, 5.74) is 0.678. The molecule has 1 unspecified atom stereocenters. The van der Waals surface area contributed by atoms with E-state index in [0.29, 0.717) is 24.4 Å². The van der Waals surface area contributed by atoms with Crippen molar-refractivity contribution in [1.82, 2.24) is 25.5 Å². The van der Waals surface area contributed by atoms with Gasteiger partial charge in [-0.2, -0.15) is 0 Å². The van der Waals surface area contributed by atoms with Gasteiger partial charge in [-0.25, -0.2) is 9.07 Å². The molecule has 0 spiro atoms. The second-order valence-electron chi connectivity index (χ2n) is 4.89. The van der Waals surface area contributed by atoms with Crippen LogP contribution in [0.3, 0.4) is 0 Å². The number of carbonyl (C=O) groups excluding carboxylic acids is 1. The van der Waals surface area contributed by atoms with E-state index in [0.717, 1.165) is 0 Å². The van der Waals surface area contributed by atoms with Gasteiger partial charge in [0.15, 0.2) is 0 Å². The summed E-state index contributed by atoms with van der Waals surface area (Å²) in [6.07, 6.45) is 0.738. The topological polar surface area (TPSA) is 92.9 Å². The van der Waals surface area contributed by atoms with Crippen molar-refractivity contribution in [3.05, 3.63) is 41.5 Å². The van der Waals surface area contributed by atoms with Crippen LogP contribution in [0, 0.1) is 12.7 Å². The Kier molecular flexibility index (Phi) is 5.54. The summed E-state index contributed by atoms with van der Waals surface area (Å²) in [6, 6.07) is 5.40. The lowest BCUT2D eigenvalue weighted by Crippen LogP contribution is -2.35. The maximum Gasteiger partial charge on any atom is 0.245 e. The zero-order valence-corrected chi connectivity index (χ0v) is 12.2. The zero-order valence-electron chi connectivity index (χ0n) is 12.2. The minimum Gasteiger partial charge on any atom is -0.396 e. The Morgan fingerprint density at radius 2 is 2.32 bits per heavy atom. The number of hydrogen-bond donors (Lipinski definition) is 2. The molecule has 1 amide bonds. The molecule has 118 valence electrons. The summed E-state index contributed by atoms with van der Waals surface area (Å²) in [5, 5.41) is 22.7. The fraction of sp³-hybridized carbons (Fsp3) is 0.429. The quantitative estimate of drug-likeness (QED) is 0.722. The van der Waals surface area contributed by atoms with E-state index < -0.39 is 6.04 Å². The molecule has 0 aliphatic carbocycles. The first-order chi connectivity index (χ1) is 10.6. The van der Waals surface area contributed by atoms with Gasteiger partial charge in [0.2, 0.25) is 5.91 Å². The lowest BCUT2D eigenvalue weighted by molar-refractivity contribution is -0.124. The molecular weight excluding hydrogens is 289 g/mol. The van der Waals surface area contributed by atoms with Crippen molar-refractivity contribution in [1.29, 1.82) is 0 Å². The largest absolute Gasteiger partial charge is 0.396 e. The summed E-state index contributed by atoms with van der Waals surface area (Å²) < 4.78 is 14.7. The van der Waals surface area contributed by atoms with E-state index >= 15 is 0 Å². The van der Waals surface area contributed by atoms with Crippen LogP contribution in [-0.2, 0) is 11.2 Å². The van der Waals surface area contributed by atoms with Gasteiger partial charge < -0.3 is 10.4 Å². The number of halogens is 1. The highest BCUT2D eigenvalue weighted by molar-refractivity contribution is 5.80. The van der Waals surface area contributed by atoms with Gasteiger partial charge in [0.1, 0.15) is 17.7 Å². The van der Waals surface area contributed by atoms with Crippen molar-refractivity contribution in [2.75, 3.05) is 13.2 Å². The molecule has 1 aromatic carbocycles. The highest BCUT2D eigenvalue weighted by Crippen LogP contribution is 2.16. The van der Waals surface area contributed by atoms with Crippen LogP contribution in [-0.4, -0.2) is 44.4 Å². The first kappa shape index (κ1) is 16.0. The number of nitrogens with zero attached hydrogens (tertiary/aromatic N) is 4. The Morgan fingerprint density at radius 1 is 1.50 bits per heavy atom. The molecule has 0 fully saturated rings. The van der Waals surface area contributed by atoms with Crippen LogP contribution in [0.25, 0.3) is 0 Å². The number of amides is 1. The van der Waals surface area contributed by atoms with Crippen LogP contribution >= 0.6 is 0 Å². The van der Waals surface area contributed by atoms with Gasteiger partial charge in [-0.3, -0.25) is 4.79 Å². The first-order valence-electron chi connectivity index (χ1n) is 6.99. The molecule has 0 saturated carbocycles. The lowest BCUT2D eigenvalue weighted by Gasteiger charge is -2.17. The van der Waals surface area contributed by atoms with E-state index in [1.807, 2.05) is 0 Å². The Morgan fingerprint density at radius 3 is 2.95 bits per heavy atom. The fourth-order valence-corrected chi connectivity index (χ4v) is 2.11. The van der Waals surface area contributed by atoms with E-state index in [-0.39, 0.29) is 24.8 Å². The van der Waals surface area contributed by atoms with Crippen molar-refractivity contribution in [3.8, 4) is 0 Å². The average molecular weight is 307 g/mol. The van der Waals surface area contributed by atoms with Gasteiger partial charge in [-0.1, -0.05) is 12.1 Å². The zero-order chi connectivity index (χ0) is 15.9. The lowest BCUT2D eigenvalue weighted by atomic mass is 10.0. The summed E-state index contributed by atoms with van der Waals surface area (Å²) in [5.74, 6) is -0.128. The number of hydrogen-bond acceptors (Lipinski definition) is 5. The highest BCUT2D eigenvalue weighted by Gasteiger charge is 2.24. The maximum atomic E-state index is 13.3. The maximum absolute atomic E-state index is 13.3. The Hall–Kier alpha value is -2.35. The molecule has 1 heterocycles. The summed E-state index contributed by atoms with van der Waals surface area (Å²) in [7, 11) is 0. The average Bonchev–Trinajstić information content (AvgIpc) is 2.91. The number of benzene rings is 1. The monoisotopic (exact) mass is 307 g/mol. The molecule has 0 aliphatic rings. The number of aromatic nitrogens is 4. The van der Waals surface area contributed by atoms with Crippen molar-refractivity contribution >= 4 is 5.91 Å². The van der Waals surface area contributed by atoms with Crippen LogP contribution in [0.5, 0.6) is 0 Å². The van der Waals surface area contributed by atoms with Crippen LogP contribution in [0.15, 0.2) is 24.3 Å². The normalized spacial score (nSPS) is 12.1. The summed E-state index contributed by atoms with van der Waals surface area (Å²) in [4.78, 5) is 12.4. The molecule has 8 heteroatoms. The molecule has 0 saturated heterocycles. The molecule has 2 aromatic rings. The van der Waals surface area contributed by atoms with Gasteiger partial charge in [-0.15, -0.1) is 5.10 Å². The van der Waals surface area contributed by atoms with Crippen LogP contribution in [0.2, 0.25) is 0 Å². The minimum absolute atomic E-state index is 0.00124. The number of aryl methyl sites for hydroxylation is 1. The SMILES string of the molecule is Cc1nnnn1C(Cc1cccc(F)c1)C(=O)NCCCO. The van der Waals surface area contributed by atoms with Crippen molar-refractivity contribution in [3.63, 3.8) is 0 Å². The van der Waals surface area contributed by atoms with E-state index in [4.69, 9.17) is 5.11 Å². The Labute approximate surface area is 127 Å². The second kappa shape index (κ2) is 7.60. The first-order valence-corrected chi connectivity index (χ1v) is 6.99. The highest BCUT2D eigenvalue weighted by atomic mass is 19.1. The summed E-state index contributed by atoms with van der Waals surface area (Å²) >= 11 is 0. The van der Waals surface area contributed by atoms with Gasteiger partial charge in [0.25, 0.3) is 0 Å². The molecule has 0 radical (unpaired) electrons. The number of nitrogens with one attached hydrogen (secondary N) is 1. The van der Waals surface area contributed by atoms with E-state index in [9.17, 15) is 9.18 Å². The number of rotatable bonds is 7. The molecule has 1 aromatic heterocycles. The molecule has 2 N–H and O–H groups in total. The molecule has 7 nitrogen and oxygen atoms in total. The minimum atomic E-state index is -0.671. The van der Waals surface area contributed by atoms with Crippen molar-refractivity contribution in [2.24, 2.45) is 0 Å². The Balaban J connectivity index is 2.18. The third-order valence-electron chi connectivity index (χ3n) is 3.21. The van der Waals surface area contributed by atoms with Gasteiger partial charge >= 0.3 is 0 Å². The molecule has 0 aliphatic heterocycles. The summed E-state index contributed by atoms with van der Waals surface area (Å²) in [6.45, 7) is 2.05. The molecule has 1 atom stereocenters. The third kappa shape index (κ3) is 4.08. The number of tetrazole rings is 1. The predicted molar refractivity (Wildman–Crippen MR) is 76.4 cm³/mol. The van der Waals surface area contributed by atoms with Gasteiger partial charge in [0.05, 0.1) is 0 Å².